The lowest BCUT2D eigenvalue weighted by Crippen LogP contribution is -2.71. The van der Waals surface area contributed by atoms with Crippen molar-refractivity contribution in [3.63, 3.8) is 0 Å². The Morgan fingerprint density at radius 1 is 1.00 bits per heavy atom. The van der Waals surface area contributed by atoms with Crippen molar-refractivity contribution in [2.45, 2.75) is 111 Å². The van der Waals surface area contributed by atoms with E-state index in [2.05, 4.69) is 47.6 Å². The van der Waals surface area contributed by atoms with E-state index in [9.17, 15) is 9.90 Å². The average Bonchev–Trinajstić information content (AvgIpc) is 3.23. The molecule has 1 spiro atoms. The molecular formula is C30H44O4. The number of carbonyl (C=O) groups excluding carboxylic acids is 1. The fourth-order valence-electron chi connectivity index (χ4n) is 12.2. The summed E-state index contributed by atoms with van der Waals surface area (Å²) >= 11 is 0. The van der Waals surface area contributed by atoms with Crippen LogP contribution in [0.25, 0.3) is 0 Å². The number of allylic oxidation sites excluding steroid dienone is 1. The maximum Gasteiger partial charge on any atom is 0.315 e. The van der Waals surface area contributed by atoms with E-state index in [0.717, 1.165) is 43.4 Å². The monoisotopic (exact) mass is 468 g/mol. The molecule has 0 amide bonds. The first kappa shape index (κ1) is 22.3. The van der Waals surface area contributed by atoms with Gasteiger partial charge in [-0.3, -0.25) is 4.79 Å². The normalized spacial score (nSPS) is 61.4. The van der Waals surface area contributed by atoms with Crippen molar-refractivity contribution in [1.29, 1.82) is 0 Å². The topological polar surface area (TPSA) is 55.8 Å². The van der Waals surface area contributed by atoms with Gasteiger partial charge in [0.2, 0.25) is 0 Å². The minimum atomic E-state index is -0.811. The number of rotatable bonds is 1. The van der Waals surface area contributed by atoms with Crippen molar-refractivity contribution >= 4 is 5.97 Å². The summed E-state index contributed by atoms with van der Waals surface area (Å²) in [4.78, 5) is 13.1. The predicted octanol–water partition coefficient (Wildman–Crippen LogP) is 5.88. The van der Waals surface area contributed by atoms with Gasteiger partial charge < -0.3 is 14.6 Å². The Morgan fingerprint density at radius 3 is 2.47 bits per heavy atom. The van der Waals surface area contributed by atoms with Crippen LogP contribution in [0.1, 0.15) is 92.9 Å². The number of hydrogen-bond donors (Lipinski definition) is 1. The number of aliphatic hydroxyl groups excluding tert-OH is 1. The second-order valence-electron chi connectivity index (χ2n) is 14.7. The molecule has 8 rings (SSSR count). The zero-order valence-electron chi connectivity index (χ0n) is 22.0. The highest BCUT2D eigenvalue weighted by molar-refractivity contribution is 5.82. The van der Waals surface area contributed by atoms with E-state index >= 15 is 0 Å². The maximum atomic E-state index is 13.1. The van der Waals surface area contributed by atoms with Crippen LogP contribution < -0.4 is 0 Å². The molecule has 8 aliphatic rings. The summed E-state index contributed by atoms with van der Waals surface area (Å²) in [6.45, 7) is 14.8. The van der Waals surface area contributed by atoms with E-state index in [1.807, 2.05) is 0 Å². The highest BCUT2D eigenvalue weighted by Crippen LogP contribution is 2.78. The third-order valence-electron chi connectivity index (χ3n) is 13.9. The van der Waals surface area contributed by atoms with Crippen LogP contribution in [0.15, 0.2) is 11.6 Å². The van der Waals surface area contributed by atoms with E-state index < -0.39 is 17.1 Å². The Labute approximate surface area is 205 Å². The third-order valence-corrected chi connectivity index (χ3v) is 13.9. The zero-order chi connectivity index (χ0) is 24.1. The van der Waals surface area contributed by atoms with E-state index in [-0.39, 0.29) is 34.9 Å². The number of ether oxygens (including phenoxy) is 2. The number of fused-ring (bicyclic) bond motifs is 6. The van der Waals surface area contributed by atoms with Gasteiger partial charge in [-0.1, -0.05) is 46.3 Å². The van der Waals surface area contributed by atoms with E-state index in [4.69, 9.17) is 9.47 Å². The molecule has 4 heteroatoms. The van der Waals surface area contributed by atoms with Crippen LogP contribution in [0.3, 0.4) is 0 Å². The molecular weight excluding hydrogens is 424 g/mol. The van der Waals surface area contributed by atoms with Gasteiger partial charge in [-0.15, -0.1) is 0 Å². The van der Waals surface area contributed by atoms with Crippen LogP contribution in [-0.2, 0) is 14.3 Å². The molecule has 4 nitrogen and oxygen atoms in total. The van der Waals surface area contributed by atoms with Gasteiger partial charge in [0.15, 0.2) is 6.29 Å². The summed E-state index contributed by atoms with van der Waals surface area (Å²) in [7, 11) is 0. The molecule has 0 radical (unpaired) electrons. The summed E-state index contributed by atoms with van der Waals surface area (Å²) < 4.78 is 12.1. The predicted molar refractivity (Wildman–Crippen MR) is 129 cm³/mol. The van der Waals surface area contributed by atoms with Crippen molar-refractivity contribution in [3.05, 3.63) is 11.6 Å². The highest BCUT2D eigenvalue weighted by atomic mass is 16.7. The molecule has 3 heterocycles. The molecule has 3 saturated heterocycles. The molecule has 5 aliphatic carbocycles. The molecule has 0 aromatic rings. The molecule has 0 aromatic heterocycles. The van der Waals surface area contributed by atoms with Crippen molar-refractivity contribution in [1.82, 2.24) is 0 Å². The first-order valence-electron chi connectivity index (χ1n) is 14.2. The summed E-state index contributed by atoms with van der Waals surface area (Å²) in [5, 5.41) is 11.5. The third kappa shape index (κ3) is 2.10. The van der Waals surface area contributed by atoms with E-state index in [1.54, 1.807) is 0 Å². The Kier molecular flexibility index (Phi) is 4.16. The first-order chi connectivity index (χ1) is 15.9. The summed E-state index contributed by atoms with van der Waals surface area (Å²) in [6.07, 6.45) is 10.6. The first-order valence-corrected chi connectivity index (χ1v) is 14.2. The summed E-state index contributed by atoms with van der Waals surface area (Å²) in [5.74, 6) is 2.86. The van der Waals surface area contributed by atoms with Gasteiger partial charge in [0.25, 0.3) is 0 Å². The fraction of sp³-hybridized carbons (Fsp3) is 0.900. The Bertz CT molecular complexity index is 986. The standard InChI is InChI=1S/C30H44O4/c1-16(2)17-7-9-21-26(17,3)13-14-27(4)18-8-10-22-29(6)23-20(33-24(29)31)15-30(22,25(32)34-23)19(18)11-12-28(21,27)5/h11,16-18,20-23,25,32H,7-10,12-15H2,1-6H3. The van der Waals surface area contributed by atoms with Crippen LogP contribution in [0.4, 0.5) is 0 Å². The Balaban J connectivity index is 1.34. The highest BCUT2D eigenvalue weighted by Gasteiger charge is 2.78. The van der Waals surface area contributed by atoms with Crippen LogP contribution in [0.2, 0.25) is 0 Å². The molecule has 188 valence electrons. The number of hydrogen-bond acceptors (Lipinski definition) is 4. The smallest absolute Gasteiger partial charge is 0.315 e. The Hall–Kier alpha value is -0.870. The van der Waals surface area contributed by atoms with Crippen molar-refractivity contribution in [2.75, 3.05) is 0 Å². The lowest BCUT2D eigenvalue weighted by molar-refractivity contribution is -0.327. The van der Waals surface area contributed by atoms with Gasteiger partial charge in [-0.05, 0) is 97.7 Å². The SMILES string of the molecule is CC(C)C1CCC2C1(C)CCC1(C)C3CCC4C5(C)C(=O)OC6CC4(C3=CCC21C)C(O)OC65. The van der Waals surface area contributed by atoms with E-state index in [0.29, 0.717) is 11.3 Å². The summed E-state index contributed by atoms with van der Waals surface area (Å²) in [6, 6.07) is 0. The Morgan fingerprint density at radius 2 is 1.74 bits per heavy atom. The molecule has 0 aromatic carbocycles. The molecule has 12 atom stereocenters. The van der Waals surface area contributed by atoms with Crippen LogP contribution in [0, 0.1) is 56.7 Å². The van der Waals surface area contributed by atoms with E-state index in [1.165, 1.54) is 31.3 Å². The fourth-order valence-corrected chi connectivity index (χ4v) is 12.2. The van der Waals surface area contributed by atoms with Crippen LogP contribution >= 0.6 is 0 Å². The number of aliphatic hydroxyl groups is 1. The number of carbonyl (C=O) groups is 1. The lowest BCUT2D eigenvalue weighted by atomic mass is 9.35. The van der Waals surface area contributed by atoms with Crippen molar-refractivity contribution in [3.8, 4) is 0 Å². The quantitative estimate of drug-likeness (QED) is 0.386. The minimum Gasteiger partial charge on any atom is -0.459 e. The van der Waals surface area contributed by atoms with Crippen molar-refractivity contribution in [2.24, 2.45) is 56.7 Å². The maximum absolute atomic E-state index is 13.1. The lowest BCUT2D eigenvalue weighted by Gasteiger charge is -2.70. The second-order valence-corrected chi connectivity index (χ2v) is 14.7. The van der Waals surface area contributed by atoms with Crippen molar-refractivity contribution < 1.29 is 19.4 Å². The van der Waals surface area contributed by atoms with Gasteiger partial charge in [0.05, 0.1) is 5.41 Å². The van der Waals surface area contributed by atoms with Gasteiger partial charge in [-0.2, -0.15) is 0 Å². The molecule has 1 N–H and O–H groups in total. The van der Waals surface area contributed by atoms with Crippen LogP contribution in [-0.4, -0.2) is 29.6 Å². The van der Waals surface area contributed by atoms with Gasteiger partial charge in [0.1, 0.15) is 12.2 Å². The summed E-state index contributed by atoms with van der Waals surface area (Å²) in [5.41, 5.74) is 1.33. The number of esters is 1. The second kappa shape index (κ2) is 6.33. The molecule has 34 heavy (non-hydrogen) atoms. The minimum absolute atomic E-state index is 0.0914. The molecule has 7 fully saturated rings. The molecule has 4 saturated carbocycles. The largest absolute Gasteiger partial charge is 0.459 e. The van der Waals surface area contributed by atoms with Crippen LogP contribution in [0.5, 0.6) is 0 Å². The average molecular weight is 469 g/mol. The van der Waals surface area contributed by atoms with Gasteiger partial charge in [0, 0.05) is 11.8 Å². The molecule has 12 unspecified atom stereocenters. The molecule has 3 aliphatic heterocycles. The molecule has 4 bridgehead atoms. The zero-order valence-corrected chi connectivity index (χ0v) is 22.0. The van der Waals surface area contributed by atoms with Gasteiger partial charge in [-0.25, -0.2) is 0 Å². The van der Waals surface area contributed by atoms with Gasteiger partial charge >= 0.3 is 5.97 Å².